The van der Waals surface area contributed by atoms with E-state index in [9.17, 15) is 0 Å². The van der Waals surface area contributed by atoms with E-state index in [1.165, 1.54) is 12.8 Å². The lowest BCUT2D eigenvalue weighted by Crippen LogP contribution is -1.98. The molecule has 0 bridgehead atoms. The molecule has 3 heteroatoms. The Balaban J connectivity index is 2.25. The van der Waals surface area contributed by atoms with Crippen LogP contribution in [-0.2, 0) is 6.54 Å². The summed E-state index contributed by atoms with van der Waals surface area (Å²) in [7, 11) is 0. The van der Waals surface area contributed by atoms with Gasteiger partial charge in [0.25, 0.3) is 0 Å². The lowest BCUT2D eigenvalue weighted by molar-refractivity contribution is 0.636. The molecule has 0 fully saturated rings. The van der Waals surface area contributed by atoms with E-state index in [-0.39, 0.29) is 0 Å². The van der Waals surface area contributed by atoms with Crippen LogP contribution in [-0.4, -0.2) is 14.5 Å². The predicted molar refractivity (Wildman–Crippen MR) is 60.4 cm³/mol. The lowest BCUT2D eigenvalue weighted by atomic mass is 10.2. The molecule has 78 valence electrons. The molecule has 2 rings (SSSR count). The zero-order chi connectivity index (χ0) is 10.5. The van der Waals surface area contributed by atoms with Crippen molar-refractivity contribution in [2.75, 3.05) is 0 Å². The first kappa shape index (κ1) is 9.90. The van der Waals surface area contributed by atoms with Crippen LogP contribution >= 0.6 is 0 Å². The molecule has 0 spiro atoms. The van der Waals surface area contributed by atoms with Gasteiger partial charge in [0.2, 0.25) is 0 Å². The fraction of sp³-hybridized carbons (Fsp3) is 0.333. The Morgan fingerprint density at radius 3 is 2.93 bits per heavy atom. The van der Waals surface area contributed by atoms with Crippen molar-refractivity contribution in [3.63, 3.8) is 0 Å². The van der Waals surface area contributed by atoms with Crippen molar-refractivity contribution >= 4 is 0 Å². The molecule has 15 heavy (non-hydrogen) atoms. The smallest absolute Gasteiger partial charge is 0.0950 e. The summed E-state index contributed by atoms with van der Waals surface area (Å²) in [6, 6.07) is 4.01. The molecule has 2 heterocycles. The Kier molecular flexibility index (Phi) is 3.12. The number of pyridine rings is 1. The number of hydrogen-bond donors (Lipinski definition) is 0. The van der Waals surface area contributed by atoms with Crippen molar-refractivity contribution in [3.05, 3.63) is 37.1 Å². The normalized spacial score (nSPS) is 10.5. The average molecular weight is 201 g/mol. The minimum absolute atomic E-state index is 1.03. The Morgan fingerprint density at radius 1 is 1.27 bits per heavy atom. The van der Waals surface area contributed by atoms with Crippen molar-refractivity contribution in [1.82, 2.24) is 14.5 Å². The fourth-order valence-electron chi connectivity index (χ4n) is 1.58. The highest BCUT2D eigenvalue weighted by molar-refractivity contribution is 5.57. The standard InChI is InChI=1S/C12H15N3/c1-2-3-7-15-10-14-9-12(15)11-5-4-6-13-8-11/h4-6,8-10H,2-3,7H2,1H3. The van der Waals surface area contributed by atoms with Crippen LogP contribution in [0.2, 0.25) is 0 Å². The third-order valence-electron chi connectivity index (χ3n) is 2.42. The number of unbranched alkanes of at least 4 members (excludes halogenated alkanes) is 1. The largest absolute Gasteiger partial charge is 0.331 e. The Morgan fingerprint density at radius 2 is 2.20 bits per heavy atom. The molecule has 0 aliphatic carbocycles. The van der Waals surface area contributed by atoms with Gasteiger partial charge in [-0.2, -0.15) is 0 Å². The highest BCUT2D eigenvalue weighted by Crippen LogP contribution is 2.17. The summed E-state index contributed by atoms with van der Waals surface area (Å²) in [6.45, 7) is 3.22. The Bertz CT molecular complexity index is 406. The molecule has 0 saturated heterocycles. The summed E-state index contributed by atoms with van der Waals surface area (Å²) in [5.41, 5.74) is 2.28. The van der Waals surface area contributed by atoms with E-state index in [1.807, 2.05) is 24.8 Å². The molecule has 3 nitrogen and oxygen atoms in total. The Labute approximate surface area is 89.8 Å². The first-order chi connectivity index (χ1) is 7.42. The van der Waals surface area contributed by atoms with Gasteiger partial charge in [0.15, 0.2) is 0 Å². The van der Waals surface area contributed by atoms with Crippen LogP contribution in [0.4, 0.5) is 0 Å². The summed E-state index contributed by atoms with van der Waals surface area (Å²) in [4.78, 5) is 8.31. The van der Waals surface area contributed by atoms with Gasteiger partial charge in [-0.05, 0) is 18.6 Å². The second-order valence-corrected chi connectivity index (χ2v) is 3.57. The number of hydrogen-bond acceptors (Lipinski definition) is 2. The van der Waals surface area contributed by atoms with Gasteiger partial charge in [-0.25, -0.2) is 4.98 Å². The van der Waals surface area contributed by atoms with E-state index in [4.69, 9.17) is 0 Å². The SMILES string of the molecule is CCCCn1cncc1-c1cccnc1. The molecule has 0 aliphatic rings. The second kappa shape index (κ2) is 4.73. The molecule has 0 saturated carbocycles. The maximum atomic E-state index is 4.19. The van der Waals surface area contributed by atoms with Crippen molar-refractivity contribution in [1.29, 1.82) is 0 Å². The molecule has 0 amide bonds. The number of rotatable bonds is 4. The van der Waals surface area contributed by atoms with Gasteiger partial charge in [0, 0.05) is 24.5 Å². The quantitative estimate of drug-likeness (QED) is 0.761. The average Bonchev–Trinajstić information content (AvgIpc) is 2.75. The maximum absolute atomic E-state index is 4.19. The number of aryl methyl sites for hydroxylation is 1. The van der Waals surface area contributed by atoms with Crippen LogP contribution in [0.15, 0.2) is 37.1 Å². The van der Waals surface area contributed by atoms with Crippen LogP contribution < -0.4 is 0 Å². The van der Waals surface area contributed by atoms with E-state index in [1.54, 1.807) is 6.20 Å². The van der Waals surface area contributed by atoms with E-state index in [0.717, 1.165) is 17.8 Å². The summed E-state index contributed by atoms with van der Waals surface area (Å²) >= 11 is 0. The molecular weight excluding hydrogens is 186 g/mol. The number of aromatic nitrogens is 3. The highest BCUT2D eigenvalue weighted by atomic mass is 15.0. The van der Waals surface area contributed by atoms with Crippen LogP contribution in [0.25, 0.3) is 11.3 Å². The topological polar surface area (TPSA) is 30.7 Å². The molecule has 0 atom stereocenters. The van der Waals surface area contributed by atoms with E-state index < -0.39 is 0 Å². The number of imidazole rings is 1. The predicted octanol–water partition coefficient (Wildman–Crippen LogP) is 2.75. The van der Waals surface area contributed by atoms with Gasteiger partial charge in [0.05, 0.1) is 18.2 Å². The molecule has 0 aromatic carbocycles. The lowest BCUT2D eigenvalue weighted by Gasteiger charge is -2.06. The fourth-order valence-corrected chi connectivity index (χ4v) is 1.58. The van der Waals surface area contributed by atoms with Gasteiger partial charge in [-0.15, -0.1) is 0 Å². The van der Waals surface area contributed by atoms with Crippen molar-refractivity contribution in [3.8, 4) is 11.3 Å². The van der Waals surface area contributed by atoms with E-state index >= 15 is 0 Å². The third-order valence-corrected chi connectivity index (χ3v) is 2.42. The van der Waals surface area contributed by atoms with Crippen LogP contribution in [0.5, 0.6) is 0 Å². The first-order valence-corrected chi connectivity index (χ1v) is 5.32. The molecule has 0 unspecified atom stereocenters. The third kappa shape index (κ3) is 2.24. The maximum Gasteiger partial charge on any atom is 0.0950 e. The minimum Gasteiger partial charge on any atom is -0.331 e. The van der Waals surface area contributed by atoms with Crippen molar-refractivity contribution in [2.24, 2.45) is 0 Å². The van der Waals surface area contributed by atoms with Gasteiger partial charge >= 0.3 is 0 Å². The summed E-state index contributed by atoms with van der Waals surface area (Å²) in [5.74, 6) is 0. The monoisotopic (exact) mass is 201 g/mol. The Hall–Kier alpha value is -1.64. The van der Waals surface area contributed by atoms with Gasteiger partial charge in [0.1, 0.15) is 0 Å². The summed E-state index contributed by atoms with van der Waals surface area (Å²) < 4.78 is 2.18. The summed E-state index contributed by atoms with van der Waals surface area (Å²) in [5, 5.41) is 0. The van der Waals surface area contributed by atoms with Gasteiger partial charge in [-0.3, -0.25) is 4.98 Å². The second-order valence-electron chi connectivity index (χ2n) is 3.57. The van der Waals surface area contributed by atoms with Crippen LogP contribution in [0, 0.1) is 0 Å². The van der Waals surface area contributed by atoms with E-state index in [2.05, 4.69) is 27.5 Å². The van der Waals surface area contributed by atoms with Gasteiger partial charge in [-0.1, -0.05) is 13.3 Å². The minimum atomic E-state index is 1.03. The summed E-state index contributed by atoms with van der Waals surface area (Å²) in [6.07, 6.45) is 9.83. The number of nitrogens with zero attached hydrogens (tertiary/aromatic N) is 3. The van der Waals surface area contributed by atoms with Crippen LogP contribution in [0.3, 0.4) is 0 Å². The molecule has 0 radical (unpaired) electrons. The molecule has 2 aromatic rings. The first-order valence-electron chi connectivity index (χ1n) is 5.32. The highest BCUT2D eigenvalue weighted by Gasteiger charge is 2.03. The van der Waals surface area contributed by atoms with Crippen molar-refractivity contribution < 1.29 is 0 Å². The zero-order valence-corrected chi connectivity index (χ0v) is 8.93. The van der Waals surface area contributed by atoms with Gasteiger partial charge < -0.3 is 4.57 Å². The zero-order valence-electron chi connectivity index (χ0n) is 8.93. The molecule has 0 aliphatic heterocycles. The van der Waals surface area contributed by atoms with Crippen LogP contribution in [0.1, 0.15) is 19.8 Å². The molecule has 2 aromatic heterocycles. The van der Waals surface area contributed by atoms with Crippen molar-refractivity contribution in [2.45, 2.75) is 26.3 Å². The molecule has 0 N–H and O–H groups in total. The van der Waals surface area contributed by atoms with E-state index in [0.29, 0.717) is 0 Å². The molecular formula is C12H15N3.